The van der Waals surface area contributed by atoms with Gasteiger partial charge in [-0.2, -0.15) is 0 Å². The Labute approximate surface area is 213 Å². The standard InChI is InChI=1S/C29H33ClN2O3/c1-33-26-11-6-4-9-23(26)20-31-17-8-18-32(21-24-10-5-7-12-27(24)34-2)29(31)16-13-22-19-25(30)14-15-28(22)35-3/h4-7,9-16,19,29H,8,17-18,20-21H2,1-3H3/b16-13+. The van der Waals surface area contributed by atoms with E-state index in [-0.39, 0.29) is 6.17 Å². The van der Waals surface area contributed by atoms with Crippen LogP contribution >= 0.6 is 11.6 Å². The van der Waals surface area contributed by atoms with Crippen LogP contribution in [0.2, 0.25) is 5.02 Å². The lowest BCUT2D eigenvalue weighted by Gasteiger charge is -2.43. The van der Waals surface area contributed by atoms with Gasteiger partial charge < -0.3 is 14.2 Å². The molecule has 4 rings (SSSR count). The van der Waals surface area contributed by atoms with Crippen molar-refractivity contribution in [3.8, 4) is 17.2 Å². The molecule has 0 atom stereocenters. The van der Waals surface area contributed by atoms with Gasteiger partial charge in [0.25, 0.3) is 0 Å². The Morgan fingerprint density at radius 1 is 0.771 bits per heavy atom. The molecular weight excluding hydrogens is 460 g/mol. The Hall–Kier alpha value is -2.99. The van der Waals surface area contributed by atoms with Crippen LogP contribution in [0.15, 0.2) is 72.8 Å². The van der Waals surface area contributed by atoms with Gasteiger partial charge in [-0.15, -0.1) is 0 Å². The summed E-state index contributed by atoms with van der Waals surface area (Å²) in [5, 5.41) is 0.686. The maximum absolute atomic E-state index is 6.30. The van der Waals surface area contributed by atoms with Gasteiger partial charge in [0.05, 0.1) is 27.5 Å². The SMILES string of the molecule is COc1ccc(Cl)cc1/C=C/C1N(Cc2ccccc2OC)CCCN1Cc1ccccc1OC. The first-order chi connectivity index (χ1) is 17.1. The van der Waals surface area contributed by atoms with Crippen molar-refractivity contribution in [2.45, 2.75) is 25.7 Å². The highest BCUT2D eigenvalue weighted by Gasteiger charge is 2.28. The fourth-order valence-corrected chi connectivity index (χ4v) is 4.87. The van der Waals surface area contributed by atoms with Crippen LogP contribution in [0, 0.1) is 0 Å². The first-order valence-corrected chi connectivity index (χ1v) is 12.2. The lowest BCUT2D eigenvalue weighted by atomic mass is 10.1. The van der Waals surface area contributed by atoms with E-state index in [0.29, 0.717) is 5.02 Å². The molecule has 1 aliphatic heterocycles. The van der Waals surface area contributed by atoms with E-state index in [4.69, 9.17) is 25.8 Å². The third-order valence-corrected chi connectivity index (χ3v) is 6.65. The van der Waals surface area contributed by atoms with E-state index >= 15 is 0 Å². The van der Waals surface area contributed by atoms with E-state index in [1.54, 1.807) is 21.3 Å². The molecule has 1 saturated heterocycles. The maximum atomic E-state index is 6.30. The van der Waals surface area contributed by atoms with Crippen molar-refractivity contribution in [2.24, 2.45) is 0 Å². The summed E-state index contributed by atoms with van der Waals surface area (Å²) in [6.45, 7) is 3.55. The third-order valence-electron chi connectivity index (χ3n) is 6.41. The van der Waals surface area contributed by atoms with E-state index < -0.39 is 0 Å². The van der Waals surface area contributed by atoms with Gasteiger partial charge in [0.1, 0.15) is 17.2 Å². The maximum Gasteiger partial charge on any atom is 0.126 e. The molecule has 0 saturated carbocycles. The fraction of sp³-hybridized carbons (Fsp3) is 0.310. The molecule has 35 heavy (non-hydrogen) atoms. The molecule has 1 fully saturated rings. The summed E-state index contributed by atoms with van der Waals surface area (Å²) in [6, 6.07) is 22.2. The van der Waals surface area contributed by atoms with Gasteiger partial charge in [0.15, 0.2) is 0 Å². The summed E-state index contributed by atoms with van der Waals surface area (Å²) in [6.07, 6.45) is 5.51. The topological polar surface area (TPSA) is 34.2 Å². The molecule has 6 heteroatoms. The Bertz CT molecular complexity index is 1090. The van der Waals surface area contributed by atoms with E-state index in [9.17, 15) is 0 Å². The Morgan fingerprint density at radius 3 is 1.86 bits per heavy atom. The third kappa shape index (κ3) is 6.17. The van der Waals surface area contributed by atoms with Gasteiger partial charge >= 0.3 is 0 Å². The molecule has 0 N–H and O–H groups in total. The largest absolute Gasteiger partial charge is 0.496 e. The molecule has 5 nitrogen and oxygen atoms in total. The van der Waals surface area contributed by atoms with Crippen molar-refractivity contribution in [3.63, 3.8) is 0 Å². The summed E-state index contributed by atoms with van der Waals surface area (Å²) in [7, 11) is 5.14. The smallest absolute Gasteiger partial charge is 0.126 e. The molecule has 1 aliphatic rings. The van der Waals surface area contributed by atoms with Crippen molar-refractivity contribution in [3.05, 3.63) is 94.5 Å². The van der Waals surface area contributed by atoms with Gasteiger partial charge in [-0.1, -0.05) is 60.2 Å². The first kappa shape index (κ1) is 25.1. The molecule has 0 unspecified atom stereocenters. The van der Waals surface area contributed by atoms with E-state index in [1.807, 2.05) is 42.5 Å². The second-order valence-electron chi connectivity index (χ2n) is 8.58. The second-order valence-corrected chi connectivity index (χ2v) is 9.01. The molecule has 3 aromatic carbocycles. The number of methoxy groups -OCH3 is 3. The lowest BCUT2D eigenvalue weighted by molar-refractivity contribution is 0.0228. The molecule has 0 aromatic heterocycles. The van der Waals surface area contributed by atoms with Crippen LogP contribution in [0.1, 0.15) is 23.1 Å². The molecule has 0 radical (unpaired) electrons. The summed E-state index contributed by atoms with van der Waals surface area (Å²) in [4.78, 5) is 4.98. The molecule has 0 spiro atoms. The highest BCUT2D eigenvalue weighted by Crippen LogP contribution is 2.29. The van der Waals surface area contributed by atoms with Crippen molar-refractivity contribution in [1.82, 2.24) is 9.80 Å². The van der Waals surface area contributed by atoms with Crippen molar-refractivity contribution in [2.75, 3.05) is 34.4 Å². The molecule has 0 bridgehead atoms. The number of halogens is 1. The van der Waals surface area contributed by atoms with Gasteiger partial charge in [0, 0.05) is 47.9 Å². The predicted octanol–water partition coefficient (Wildman–Crippen LogP) is 6.11. The molecular formula is C29H33ClN2O3. The lowest BCUT2D eigenvalue weighted by Crippen LogP contribution is -2.51. The summed E-state index contributed by atoms with van der Waals surface area (Å²) >= 11 is 6.30. The molecule has 3 aromatic rings. The average Bonchev–Trinajstić information content (AvgIpc) is 2.89. The van der Waals surface area contributed by atoms with Crippen molar-refractivity contribution < 1.29 is 14.2 Å². The van der Waals surface area contributed by atoms with Crippen molar-refractivity contribution in [1.29, 1.82) is 0 Å². The monoisotopic (exact) mass is 492 g/mol. The average molecular weight is 493 g/mol. The van der Waals surface area contributed by atoms with Gasteiger partial charge in [0.2, 0.25) is 0 Å². The van der Waals surface area contributed by atoms with Crippen LogP contribution in [0.5, 0.6) is 17.2 Å². The van der Waals surface area contributed by atoms with Crippen LogP contribution in [0.25, 0.3) is 6.08 Å². The number of nitrogens with zero attached hydrogens (tertiary/aromatic N) is 2. The van der Waals surface area contributed by atoms with E-state index in [1.165, 1.54) is 11.1 Å². The zero-order chi connectivity index (χ0) is 24.6. The number of hydrogen-bond donors (Lipinski definition) is 0. The Balaban J connectivity index is 1.67. The number of hydrogen-bond acceptors (Lipinski definition) is 5. The molecule has 0 aliphatic carbocycles. The minimum absolute atomic E-state index is 0.0715. The zero-order valence-electron chi connectivity index (χ0n) is 20.6. The summed E-state index contributed by atoms with van der Waals surface area (Å²) in [5.74, 6) is 2.62. The van der Waals surface area contributed by atoms with Crippen molar-refractivity contribution >= 4 is 17.7 Å². The summed E-state index contributed by atoms with van der Waals surface area (Å²) < 4.78 is 16.9. The fourth-order valence-electron chi connectivity index (χ4n) is 4.69. The predicted molar refractivity (Wildman–Crippen MR) is 142 cm³/mol. The van der Waals surface area contributed by atoms with Crippen LogP contribution in [0.4, 0.5) is 0 Å². The van der Waals surface area contributed by atoms with E-state index in [2.05, 4.69) is 46.2 Å². The second kappa shape index (κ2) is 12.1. The number of para-hydroxylation sites is 2. The minimum atomic E-state index is 0.0715. The Morgan fingerprint density at radius 2 is 1.31 bits per heavy atom. The van der Waals surface area contributed by atoms with Crippen LogP contribution in [-0.2, 0) is 13.1 Å². The zero-order valence-corrected chi connectivity index (χ0v) is 21.4. The summed E-state index contributed by atoms with van der Waals surface area (Å²) in [5.41, 5.74) is 3.31. The molecule has 1 heterocycles. The van der Waals surface area contributed by atoms with E-state index in [0.717, 1.165) is 55.4 Å². The van der Waals surface area contributed by atoms with Gasteiger partial charge in [-0.3, -0.25) is 9.80 Å². The normalized spacial score (nSPS) is 15.4. The van der Waals surface area contributed by atoms with Crippen LogP contribution in [-0.4, -0.2) is 50.4 Å². The number of rotatable bonds is 9. The minimum Gasteiger partial charge on any atom is -0.496 e. The molecule has 184 valence electrons. The highest BCUT2D eigenvalue weighted by molar-refractivity contribution is 6.30. The van der Waals surface area contributed by atoms with Crippen LogP contribution in [0.3, 0.4) is 0 Å². The quantitative estimate of drug-likeness (QED) is 0.360. The van der Waals surface area contributed by atoms with Crippen LogP contribution < -0.4 is 14.2 Å². The Kier molecular flexibility index (Phi) is 8.69. The number of benzene rings is 3. The molecule has 0 amide bonds. The number of ether oxygens (including phenoxy) is 3. The first-order valence-electron chi connectivity index (χ1n) is 11.9. The van der Waals surface area contributed by atoms with Gasteiger partial charge in [-0.05, 0) is 36.8 Å². The highest BCUT2D eigenvalue weighted by atomic mass is 35.5. The van der Waals surface area contributed by atoms with Gasteiger partial charge in [-0.25, -0.2) is 0 Å².